The van der Waals surface area contributed by atoms with Crippen LogP contribution in [-0.2, 0) is 0 Å². The zero-order valence-electron chi connectivity index (χ0n) is 8.79. The fourth-order valence-corrected chi connectivity index (χ4v) is 2.10. The molecule has 0 spiro atoms. The second-order valence-electron chi connectivity index (χ2n) is 3.37. The fourth-order valence-electron chi connectivity index (χ4n) is 1.22. The van der Waals surface area contributed by atoms with Crippen LogP contribution in [0, 0.1) is 0 Å². The highest BCUT2D eigenvalue weighted by Gasteiger charge is 2.28. The number of nitrogens with one attached hydrogen (secondary N) is 1. The lowest BCUT2D eigenvalue weighted by Crippen LogP contribution is -2.49. The van der Waals surface area contributed by atoms with E-state index in [1.165, 1.54) is 0 Å². The summed E-state index contributed by atoms with van der Waals surface area (Å²) in [6.45, 7) is 4.01. The van der Waals surface area contributed by atoms with Crippen molar-refractivity contribution in [2.24, 2.45) is 0 Å². The van der Waals surface area contributed by atoms with Crippen LogP contribution in [0.15, 0.2) is 5.38 Å². The predicted octanol–water partition coefficient (Wildman–Crippen LogP) is 2.07. The molecule has 1 N–H and O–H groups in total. The van der Waals surface area contributed by atoms with Gasteiger partial charge >= 0.3 is 0 Å². The molecule has 0 radical (unpaired) electrons. The van der Waals surface area contributed by atoms with Crippen LogP contribution in [0.1, 0.15) is 37.2 Å². The molecule has 15 heavy (non-hydrogen) atoms. The maximum Gasteiger partial charge on any atom is 0.273 e. The van der Waals surface area contributed by atoms with Gasteiger partial charge < -0.3 is 5.32 Å². The highest BCUT2D eigenvalue weighted by Crippen LogP contribution is 2.17. The molecular formula is C9H14ClN3OS. The number of hydrogen-bond acceptors (Lipinski definition) is 4. The number of amides is 1. The van der Waals surface area contributed by atoms with E-state index >= 15 is 0 Å². The summed E-state index contributed by atoms with van der Waals surface area (Å²) in [5, 5.41) is 8.26. The van der Waals surface area contributed by atoms with Crippen molar-refractivity contribution >= 4 is 29.0 Å². The van der Waals surface area contributed by atoms with Gasteiger partial charge in [0, 0.05) is 11.3 Å². The minimum atomic E-state index is -0.331. The van der Waals surface area contributed by atoms with Gasteiger partial charge in [-0.3, -0.25) is 4.79 Å². The Bertz CT molecular complexity index is 303. The second kappa shape index (κ2) is 5.42. The number of halogens is 1. The number of hydrogen-bond donors (Lipinski definition) is 1. The smallest absolute Gasteiger partial charge is 0.273 e. The molecular weight excluding hydrogens is 234 g/mol. The zero-order valence-corrected chi connectivity index (χ0v) is 10.4. The van der Waals surface area contributed by atoms with Crippen molar-refractivity contribution in [2.45, 2.75) is 32.2 Å². The Morgan fingerprint density at radius 3 is 2.67 bits per heavy atom. The summed E-state index contributed by atoms with van der Waals surface area (Å²) in [7, 11) is 0. The highest BCUT2D eigenvalue weighted by atomic mass is 35.5. The third-order valence-corrected chi connectivity index (χ3v) is 3.60. The first-order valence-corrected chi connectivity index (χ1v) is 6.20. The summed E-state index contributed by atoms with van der Waals surface area (Å²) in [6.07, 6.45) is 1.60. The van der Waals surface area contributed by atoms with E-state index in [0.717, 1.165) is 24.4 Å². The Balaban J connectivity index is 2.71. The largest absolute Gasteiger partial charge is 0.344 e. The predicted molar refractivity (Wildman–Crippen MR) is 61.4 cm³/mol. The van der Waals surface area contributed by atoms with Gasteiger partial charge in [-0.15, -0.1) is 16.7 Å². The molecule has 1 amide bonds. The molecule has 0 unspecified atom stereocenters. The van der Waals surface area contributed by atoms with Crippen LogP contribution in [-0.4, -0.2) is 26.9 Å². The average molecular weight is 248 g/mol. The number of carbonyl (C=O) groups excluding carboxylic acids is 1. The Kier molecular flexibility index (Phi) is 4.47. The first-order chi connectivity index (χ1) is 7.17. The average Bonchev–Trinajstić information content (AvgIpc) is 2.79. The van der Waals surface area contributed by atoms with E-state index in [0.29, 0.717) is 11.6 Å². The molecule has 6 heteroatoms. The molecule has 1 aromatic heterocycles. The summed E-state index contributed by atoms with van der Waals surface area (Å²) in [5.41, 5.74) is 0.0267. The Morgan fingerprint density at radius 1 is 1.60 bits per heavy atom. The van der Waals surface area contributed by atoms with Crippen LogP contribution in [0.2, 0.25) is 0 Å². The topological polar surface area (TPSA) is 54.9 Å². The van der Waals surface area contributed by atoms with Crippen molar-refractivity contribution < 1.29 is 4.79 Å². The van der Waals surface area contributed by atoms with Crippen LogP contribution < -0.4 is 5.32 Å². The Labute approximate surface area is 98.2 Å². The van der Waals surface area contributed by atoms with E-state index in [9.17, 15) is 4.79 Å². The van der Waals surface area contributed by atoms with E-state index < -0.39 is 0 Å². The van der Waals surface area contributed by atoms with Gasteiger partial charge in [0.15, 0.2) is 5.69 Å². The molecule has 4 nitrogen and oxygen atoms in total. The molecule has 0 fully saturated rings. The van der Waals surface area contributed by atoms with Crippen LogP contribution >= 0.6 is 23.1 Å². The molecule has 0 atom stereocenters. The van der Waals surface area contributed by atoms with E-state index in [1.54, 1.807) is 5.38 Å². The normalized spacial score (nSPS) is 11.4. The molecule has 1 rings (SSSR count). The summed E-state index contributed by atoms with van der Waals surface area (Å²) < 4.78 is 3.65. The highest BCUT2D eigenvalue weighted by molar-refractivity contribution is 7.03. The molecule has 0 bridgehead atoms. The minimum absolute atomic E-state index is 0.201. The van der Waals surface area contributed by atoms with Gasteiger partial charge in [-0.25, -0.2) is 0 Å². The number of rotatable bonds is 5. The third-order valence-electron chi connectivity index (χ3n) is 2.58. The van der Waals surface area contributed by atoms with Crippen LogP contribution in [0.4, 0.5) is 0 Å². The van der Waals surface area contributed by atoms with E-state index in [2.05, 4.69) is 14.9 Å². The molecule has 0 saturated heterocycles. The van der Waals surface area contributed by atoms with Crippen molar-refractivity contribution in [2.75, 3.05) is 5.88 Å². The van der Waals surface area contributed by atoms with E-state index in [4.69, 9.17) is 11.6 Å². The maximum atomic E-state index is 11.7. The summed E-state index contributed by atoms with van der Waals surface area (Å²) >= 11 is 7.04. The molecule has 84 valence electrons. The zero-order chi connectivity index (χ0) is 11.3. The first-order valence-electron chi connectivity index (χ1n) is 4.83. The van der Waals surface area contributed by atoms with Gasteiger partial charge in [0.25, 0.3) is 5.91 Å². The van der Waals surface area contributed by atoms with Gasteiger partial charge in [-0.2, -0.15) is 0 Å². The van der Waals surface area contributed by atoms with Gasteiger partial charge in [0.1, 0.15) is 0 Å². The van der Waals surface area contributed by atoms with Crippen LogP contribution in [0.3, 0.4) is 0 Å². The molecule has 0 aromatic carbocycles. The molecule has 0 aliphatic heterocycles. The number of alkyl halides is 1. The van der Waals surface area contributed by atoms with Gasteiger partial charge in [0.05, 0.1) is 5.54 Å². The summed E-state index contributed by atoms with van der Waals surface area (Å²) in [5.74, 6) is 0.205. The van der Waals surface area contributed by atoms with Crippen molar-refractivity contribution in [1.29, 1.82) is 0 Å². The lowest BCUT2D eigenvalue weighted by molar-refractivity contribution is 0.0897. The molecule has 1 heterocycles. The minimum Gasteiger partial charge on any atom is -0.344 e. The second-order valence-corrected chi connectivity index (χ2v) is 4.24. The fraction of sp³-hybridized carbons (Fsp3) is 0.667. The van der Waals surface area contributed by atoms with Crippen LogP contribution in [0.25, 0.3) is 0 Å². The van der Waals surface area contributed by atoms with E-state index in [1.807, 2.05) is 13.8 Å². The van der Waals surface area contributed by atoms with Crippen LogP contribution in [0.5, 0.6) is 0 Å². The van der Waals surface area contributed by atoms with E-state index in [-0.39, 0.29) is 11.4 Å². The molecule has 0 saturated carbocycles. The van der Waals surface area contributed by atoms with Gasteiger partial charge in [-0.05, 0) is 24.4 Å². The van der Waals surface area contributed by atoms with Crippen molar-refractivity contribution in [1.82, 2.24) is 14.9 Å². The standard InChI is InChI=1S/C9H14ClN3OS/c1-3-9(4-2,6-10)11-8(14)7-5-15-13-12-7/h5H,3-4,6H2,1-2H3,(H,11,14). The molecule has 0 aliphatic carbocycles. The van der Waals surface area contributed by atoms with Crippen molar-refractivity contribution in [3.8, 4) is 0 Å². The Morgan fingerprint density at radius 2 is 2.27 bits per heavy atom. The number of aromatic nitrogens is 2. The molecule has 1 aromatic rings. The third kappa shape index (κ3) is 2.89. The van der Waals surface area contributed by atoms with Crippen molar-refractivity contribution in [3.05, 3.63) is 11.1 Å². The monoisotopic (exact) mass is 247 g/mol. The lowest BCUT2D eigenvalue weighted by Gasteiger charge is -2.30. The first kappa shape index (κ1) is 12.4. The summed E-state index contributed by atoms with van der Waals surface area (Å²) in [4.78, 5) is 11.7. The van der Waals surface area contributed by atoms with Gasteiger partial charge in [-0.1, -0.05) is 18.3 Å². The Hall–Kier alpha value is -0.680. The SMILES string of the molecule is CCC(CC)(CCl)NC(=O)c1csnn1. The number of nitrogens with zero attached hydrogens (tertiary/aromatic N) is 2. The van der Waals surface area contributed by atoms with Gasteiger partial charge in [0.2, 0.25) is 0 Å². The summed E-state index contributed by atoms with van der Waals surface area (Å²) in [6, 6.07) is 0. The molecule has 0 aliphatic rings. The van der Waals surface area contributed by atoms with Crippen molar-refractivity contribution in [3.63, 3.8) is 0 Å². The maximum absolute atomic E-state index is 11.7. The quantitative estimate of drug-likeness (QED) is 0.811. The lowest BCUT2D eigenvalue weighted by atomic mass is 9.95. The number of carbonyl (C=O) groups is 1.